The Labute approximate surface area is 153 Å². The van der Waals surface area contributed by atoms with Crippen molar-refractivity contribution in [3.8, 4) is 0 Å². The van der Waals surface area contributed by atoms with E-state index in [0.29, 0.717) is 6.42 Å². The van der Waals surface area contributed by atoms with Crippen molar-refractivity contribution in [2.75, 3.05) is 23.5 Å². The SMILES string of the molecule is Cc1ccc(C)c(N(C)C(=O)C2=NN(C3CCS(=O)(=O)C3)C(=O)CC2)c1. The Hall–Kier alpha value is -2.22. The van der Waals surface area contributed by atoms with Gasteiger partial charge in [-0.1, -0.05) is 12.1 Å². The number of hydrogen-bond donors (Lipinski definition) is 0. The van der Waals surface area contributed by atoms with Gasteiger partial charge in [-0.25, -0.2) is 13.4 Å². The zero-order valence-electron chi connectivity index (χ0n) is 15.2. The smallest absolute Gasteiger partial charge is 0.274 e. The fraction of sp³-hybridized carbons (Fsp3) is 0.500. The van der Waals surface area contributed by atoms with Gasteiger partial charge in [-0.3, -0.25) is 9.59 Å². The largest absolute Gasteiger partial charge is 0.310 e. The van der Waals surface area contributed by atoms with E-state index in [1.165, 1.54) is 5.01 Å². The lowest BCUT2D eigenvalue weighted by Gasteiger charge is -2.29. The molecular formula is C18H23N3O4S. The average molecular weight is 377 g/mol. The van der Waals surface area contributed by atoms with Crippen molar-refractivity contribution in [1.29, 1.82) is 0 Å². The van der Waals surface area contributed by atoms with E-state index in [1.807, 2.05) is 32.0 Å². The number of nitrogens with zero attached hydrogens (tertiary/aromatic N) is 3. The first kappa shape index (κ1) is 18.6. The van der Waals surface area contributed by atoms with Gasteiger partial charge < -0.3 is 4.90 Å². The number of carbonyl (C=O) groups is 2. The molecular weight excluding hydrogens is 354 g/mol. The number of hydrazone groups is 1. The van der Waals surface area contributed by atoms with Crippen LogP contribution in [-0.4, -0.2) is 55.5 Å². The van der Waals surface area contributed by atoms with Crippen LogP contribution in [0.4, 0.5) is 5.69 Å². The van der Waals surface area contributed by atoms with Gasteiger partial charge in [0.15, 0.2) is 9.84 Å². The Balaban J connectivity index is 1.85. The van der Waals surface area contributed by atoms with E-state index in [1.54, 1.807) is 11.9 Å². The summed E-state index contributed by atoms with van der Waals surface area (Å²) in [7, 11) is -1.45. The van der Waals surface area contributed by atoms with E-state index < -0.39 is 15.9 Å². The van der Waals surface area contributed by atoms with E-state index in [2.05, 4.69) is 5.10 Å². The van der Waals surface area contributed by atoms with Crippen molar-refractivity contribution in [3.63, 3.8) is 0 Å². The minimum absolute atomic E-state index is 0.0582. The maximum atomic E-state index is 12.9. The van der Waals surface area contributed by atoms with Crippen LogP contribution in [0.1, 0.15) is 30.4 Å². The Kier molecular flexibility index (Phi) is 4.88. The Morgan fingerprint density at radius 1 is 1.27 bits per heavy atom. The number of aryl methyl sites for hydroxylation is 2. The summed E-state index contributed by atoms with van der Waals surface area (Å²) in [6.45, 7) is 3.89. The maximum Gasteiger partial charge on any atom is 0.274 e. The molecule has 0 saturated carbocycles. The molecule has 0 aromatic heterocycles. The zero-order valence-corrected chi connectivity index (χ0v) is 16.0. The Morgan fingerprint density at radius 3 is 2.65 bits per heavy atom. The van der Waals surface area contributed by atoms with Gasteiger partial charge in [-0.15, -0.1) is 0 Å². The monoisotopic (exact) mass is 377 g/mol. The maximum absolute atomic E-state index is 12.9. The van der Waals surface area contributed by atoms with Gasteiger partial charge >= 0.3 is 0 Å². The highest BCUT2D eigenvalue weighted by Gasteiger charge is 2.37. The topological polar surface area (TPSA) is 87.1 Å². The molecule has 2 heterocycles. The Bertz CT molecular complexity index is 892. The normalized spacial score (nSPS) is 22.3. The van der Waals surface area contributed by atoms with Crippen molar-refractivity contribution < 1.29 is 18.0 Å². The summed E-state index contributed by atoms with van der Waals surface area (Å²) in [5.74, 6) is -0.519. The molecule has 2 amide bonds. The zero-order chi connectivity index (χ0) is 19.1. The number of sulfone groups is 1. The summed E-state index contributed by atoms with van der Waals surface area (Å²) in [6.07, 6.45) is 0.802. The molecule has 1 unspecified atom stereocenters. The molecule has 3 rings (SSSR count). The molecule has 0 spiro atoms. The summed E-state index contributed by atoms with van der Waals surface area (Å²) in [5.41, 5.74) is 3.10. The third-order valence-electron chi connectivity index (χ3n) is 4.89. The number of amides is 2. The quantitative estimate of drug-likeness (QED) is 0.797. The van der Waals surface area contributed by atoms with Crippen LogP contribution in [0.3, 0.4) is 0 Å². The van der Waals surface area contributed by atoms with Crippen molar-refractivity contribution in [1.82, 2.24) is 5.01 Å². The van der Waals surface area contributed by atoms with Crippen molar-refractivity contribution in [2.24, 2.45) is 5.10 Å². The van der Waals surface area contributed by atoms with E-state index in [9.17, 15) is 18.0 Å². The van der Waals surface area contributed by atoms with E-state index in [-0.39, 0.29) is 41.9 Å². The van der Waals surface area contributed by atoms with Crippen LogP contribution >= 0.6 is 0 Å². The molecule has 140 valence electrons. The standard InChI is InChI=1S/C18H23N3O4S/c1-12-4-5-13(2)16(10-12)20(3)18(23)15-6-7-17(22)21(19-15)14-8-9-26(24,25)11-14/h4-5,10,14H,6-9,11H2,1-3H3. The lowest BCUT2D eigenvalue weighted by molar-refractivity contribution is -0.133. The van der Waals surface area contributed by atoms with Crippen molar-refractivity contribution in [2.45, 2.75) is 39.2 Å². The molecule has 1 aromatic rings. The fourth-order valence-corrected chi connectivity index (χ4v) is 5.05. The molecule has 2 aliphatic heterocycles. The van der Waals surface area contributed by atoms with Crippen LogP contribution in [-0.2, 0) is 19.4 Å². The van der Waals surface area contributed by atoms with Crippen LogP contribution in [0, 0.1) is 13.8 Å². The lowest BCUT2D eigenvalue weighted by Crippen LogP contribution is -2.44. The number of benzene rings is 1. The van der Waals surface area contributed by atoms with Gasteiger partial charge in [0.2, 0.25) is 5.91 Å². The van der Waals surface area contributed by atoms with Crippen LogP contribution < -0.4 is 4.90 Å². The molecule has 1 saturated heterocycles. The summed E-state index contributed by atoms with van der Waals surface area (Å²) < 4.78 is 23.4. The molecule has 1 fully saturated rings. The van der Waals surface area contributed by atoms with E-state index >= 15 is 0 Å². The van der Waals surface area contributed by atoms with E-state index in [4.69, 9.17) is 0 Å². The van der Waals surface area contributed by atoms with Gasteiger partial charge in [-0.05, 0) is 37.5 Å². The molecule has 2 aliphatic rings. The second kappa shape index (κ2) is 6.83. The first-order chi connectivity index (χ1) is 12.2. The molecule has 0 radical (unpaired) electrons. The fourth-order valence-electron chi connectivity index (χ4n) is 3.36. The van der Waals surface area contributed by atoms with Crippen LogP contribution in [0.5, 0.6) is 0 Å². The highest BCUT2D eigenvalue weighted by Crippen LogP contribution is 2.25. The van der Waals surface area contributed by atoms with Gasteiger partial charge in [0.25, 0.3) is 5.91 Å². The summed E-state index contributed by atoms with van der Waals surface area (Å²) in [5, 5.41) is 5.47. The first-order valence-electron chi connectivity index (χ1n) is 8.63. The molecule has 0 bridgehead atoms. The van der Waals surface area contributed by atoms with Crippen molar-refractivity contribution >= 4 is 33.1 Å². The first-order valence-corrected chi connectivity index (χ1v) is 10.5. The second-order valence-electron chi connectivity index (χ2n) is 7.00. The minimum atomic E-state index is -3.13. The van der Waals surface area contributed by atoms with E-state index in [0.717, 1.165) is 16.8 Å². The molecule has 26 heavy (non-hydrogen) atoms. The summed E-state index contributed by atoms with van der Waals surface area (Å²) in [4.78, 5) is 26.6. The lowest BCUT2D eigenvalue weighted by atomic mass is 10.1. The average Bonchev–Trinajstić information content (AvgIpc) is 2.96. The molecule has 0 aliphatic carbocycles. The number of hydrogen-bond acceptors (Lipinski definition) is 5. The molecule has 0 N–H and O–H groups in total. The highest BCUT2D eigenvalue weighted by molar-refractivity contribution is 7.91. The van der Waals surface area contributed by atoms with Gasteiger partial charge in [-0.2, -0.15) is 5.10 Å². The second-order valence-corrected chi connectivity index (χ2v) is 9.22. The highest BCUT2D eigenvalue weighted by atomic mass is 32.2. The van der Waals surface area contributed by atoms with Gasteiger partial charge in [0.05, 0.1) is 17.5 Å². The predicted octanol–water partition coefficient (Wildman–Crippen LogP) is 1.43. The summed E-state index contributed by atoms with van der Waals surface area (Å²) >= 11 is 0. The molecule has 1 aromatic carbocycles. The summed E-state index contributed by atoms with van der Waals surface area (Å²) in [6, 6.07) is 5.40. The minimum Gasteiger partial charge on any atom is -0.310 e. The molecule has 7 nitrogen and oxygen atoms in total. The van der Waals surface area contributed by atoms with Gasteiger partial charge in [0, 0.05) is 25.6 Å². The predicted molar refractivity (Wildman–Crippen MR) is 99.9 cm³/mol. The Morgan fingerprint density at radius 2 is 2.00 bits per heavy atom. The van der Waals surface area contributed by atoms with Gasteiger partial charge in [0.1, 0.15) is 5.71 Å². The molecule has 8 heteroatoms. The van der Waals surface area contributed by atoms with Crippen LogP contribution in [0.25, 0.3) is 0 Å². The van der Waals surface area contributed by atoms with Crippen LogP contribution in [0.2, 0.25) is 0 Å². The third-order valence-corrected chi connectivity index (χ3v) is 6.64. The van der Waals surface area contributed by atoms with Crippen LogP contribution in [0.15, 0.2) is 23.3 Å². The third kappa shape index (κ3) is 3.65. The number of anilines is 1. The number of carbonyl (C=O) groups excluding carboxylic acids is 2. The van der Waals surface area contributed by atoms with Crippen molar-refractivity contribution in [3.05, 3.63) is 29.3 Å². The number of rotatable bonds is 3. The molecule has 1 atom stereocenters.